The summed E-state index contributed by atoms with van der Waals surface area (Å²) < 4.78 is 0. The molecule has 0 radical (unpaired) electrons. The fraction of sp³-hybridized carbons (Fsp3) is 0.588. The van der Waals surface area contributed by atoms with E-state index in [1.807, 2.05) is 4.90 Å². The van der Waals surface area contributed by atoms with E-state index in [1.54, 1.807) is 4.90 Å². The van der Waals surface area contributed by atoms with Gasteiger partial charge < -0.3 is 26.8 Å². The molecule has 1 aliphatic heterocycles. The molecule has 1 aromatic carbocycles. The third-order valence-corrected chi connectivity index (χ3v) is 4.34. The maximum absolute atomic E-state index is 12.5. The van der Waals surface area contributed by atoms with Crippen molar-refractivity contribution in [2.45, 2.75) is 33.2 Å². The number of nitrogens with one attached hydrogen (secondary N) is 1. The third-order valence-electron chi connectivity index (χ3n) is 4.34. The van der Waals surface area contributed by atoms with Gasteiger partial charge in [-0.05, 0) is 26.7 Å². The first-order valence-corrected chi connectivity index (χ1v) is 7.90. The molecule has 0 spiro atoms. The number of nitrogens with zero attached hydrogens (tertiary/aromatic N) is 1. The number of carbonyl (C=O) groups is 1. The van der Waals surface area contributed by atoms with Crippen LogP contribution in [0, 0.1) is 5.92 Å². The summed E-state index contributed by atoms with van der Waals surface area (Å²) in [5.74, 6) is 0.586. The Morgan fingerprint density at radius 3 is 2.52 bits per heavy atom. The number of piperidine rings is 1. The fourth-order valence-electron chi connectivity index (χ4n) is 3.20. The zero-order valence-corrected chi connectivity index (χ0v) is 14.7. The van der Waals surface area contributed by atoms with Crippen molar-refractivity contribution in [1.29, 1.82) is 0 Å². The van der Waals surface area contributed by atoms with E-state index in [2.05, 4.69) is 44.2 Å². The van der Waals surface area contributed by atoms with Crippen LogP contribution in [0.2, 0.25) is 0 Å². The molecule has 1 heterocycles. The molecule has 1 aliphatic rings. The highest BCUT2D eigenvalue weighted by Gasteiger charge is 2.30. The number of carbonyl (C=O) groups excluding carboxylic acids is 1. The summed E-state index contributed by atoms with van der Waals surface area (Å²) in [6, 6.07) is 10.6. The average Bonchev–Trinajstić information content (AvgIpc) is 2.49. The molecule has 118 valence electrons. The van der Waals surface area contributed by atoms with Gasteiger partial charge in [0.05, 0.1) is 19.0 Å². The molecule has 4 heteroatoms. The van der Waals surface area contributed by atoms with Crippen LogP contribution in [0.25, 0.3) is 0 Å². The second kappa shape index (κ2) is 9.21. The van der Waals surface area contributed by atoms with Crippen molar-refractivity contribution >= 4 is 5.91 Å². The van der Waals surface area contributed by atoms with Crippen LogP contribution in [0.5, 0.6) is 0 Å². The molecule has 1 fully saturated rings. The quantitative estimate of drug-likeness (QED) is 0.673. The van der Waals surface area contributed by atoms with Crippen molar-refractivity contribution in [1.82, 2.24) is 4.90 Å². The Labute approximate surface area is 139 Å². The van der Waals surface area contributed by atoms with E-state index < -0.39 is 0 Å². The highest BCUT2D eigenvalue weighted by molar-refractivity contribution is 5.78. The number of quaternary nitrogens is 1. The van der Waals surface area contributed by atoms with Crippen LogP contribution in [0.1, 0.15) is 32.3 Å². The molecule has 21 heavy (non-hydrogen) atoms. The molecule has 1 amide bonds. The van der Waals surface area contributed by atoms with E-state index in [1.165, 1.54) is 18.5 Å². The number of hydrogen-bond acceptors (Lipinski definition) is 1. The minimum atomic E-state index is 0. The van der Waals surface area contributed by atoms with Crippen LogP contribution >= 0.6 is 0 Å². The second-order valence-corrected chi connectivity index (χ2v) is 5.72. The standard InChI is InChI=1S/C17H26N2O.BrH/c1-3-19(4-2)17(20)16-11-8-12-18(14-16)13-15-9-6-5-7-10-15;/h5-7,9-10,16H,3-4,8,11-14H2,1-2H3;1H. The van der Waals surface area contributed by atoms with Crippen molar-refractivity contribution in [3.8, 4) is 0 Å². The zero-order valence-electron chi connectivity index (χ0n) is 13.1. The highest BCUT2D eigenvalue weighted by Crippen LogP contribution is 2.12. The number of rotatable bonds is 5. The molecule has 0 aliphatic carbocycles. The molecule has 3 nitrogen and oxygen atoms in total. The first-order valence-electron chi connectivity index (χ1n) is 7.90. The molecule has 2 atom stereocenters. The topological polar surface area (TPSA) is 24.8 Å². The van der Waals surface area contributed by atoms with Gasteiger partial charge in [-0.1, -0.05) is 30.3 Å². The van der Waals surface area contributed by atoms with Gasteiger partial charge in [0.15, 0.2) is 0 Å². The van der Waals surface area contributed by atoms with Gasteiger partial charge in [0.2, 0.25) is 5.91 Å². The predicted molar refractivity (Wildman–Crippen MR) is 81.5 cm³/mol. The number of hydrogen-bond donors (Lipinski definition) is 1. The molecular formula is C17H27BrN2O. The summed E-state index contributed by atoms with van der Waals surface area (Å²) >= 11 is 0. The van der Waals surface area contributed by atoms with E-state index >= 15 is 0 Å². The SMILES string of the molecule is CCN(CC)C(=O)C1CCC[NH+](Cc2ccccc2)C1.[Br-]. The van der Waals surface area contributed by atoms with Crippen LogP contribution in [0.3, 0.4) is 0 Å². The maximum Gasteiger partial charge on any atom is 0.231 e. The largest absolute Gasteiger partial charge is 1.00 e. The average molecular weight is 355 g/mol. The van der Waals surface area contributed by atoms with E-state index in [9.17, 15) is 4.79 Å². The Morgan fingerprint density at radius 2 is 1.90 bits per heavy atom. The van der Waals surface area contributed by atoms with Gasteiger partial charge in [0, 0.05) is 18.7 Å². The predicted octanol–water partition coefficient (Wildman–Crippen LogP) is -1.65. The van der Waals surface area contributed by atoms with Gasteiger partial charge in [-0.3, -0.25) is 4.79 Å². The van der Waals surface area contributed by atoms with Crippen LogP contribution in [-0.4, -0.2) is 37.0 Å². The number of halogens is 1. The minimum Gasteiger partial charge on any atom is -1.00 e. The summed E-state index contributed by atoms with van der Waals surface area (Å²) in [7, 11) is 0. The van der Waals surface area contributed by atoms with E-state index in [0.717, 1.165) is 32.6 Å². The van der Waals surface area contributed by atoms with Crippen LogP contribution in [0.4, 0.5) is 0 Å². The summed E-state index contributed by atoms with van der Waals surface area (Å²) in [5, 5.41) is 0. The molecule has 1 saturated heterocycles. The lowest BCUT2D eigenvalue weighted by Crippen LogP contribution is -3.12. The van der Waals surface area contributed by atoms with Gasteiger partial charge in [-0.25, -0.2) is 0 Å². The molecule has 0 saturated carbocycles. The summed E-state index contributed by atoms with van der Waals surface area (Å²) in [4.78, 5) is 16.0. The highest BCUT2D eigenvalue weighted by atomic mass is 79.9. The monoisotopic (exact) mass is 354 g/mol. The number of benzene rings is 1. The van der Waals surface area contributed by atoms with Crippen molar-refractivity contribution in [3.63, 3.8) is 0 Å². The zero-order chi connectivity index (χ0) is 14.4. The van der Waals surface area contributed by atoms with E-state index in [4.69, 9.17) is 0 Å². The molecule has 0 bridgehead atoms. The molecular weight excluding hydrogens is 328 g/mol. The molecule has 1 aromatic rings. The third kappa shape index (κ3) is 5.11. The van der Waals surface area contributed by atoms with Crippen molar-refractivity contribution < 1.29 is 26.7 Å². The molecule has 2 rings (SSSR count). The normalized spacial score (nSPS) is 21.4. The number of likely N-dealkylation sites (tertiary alicyclic amines) is 1. The Hall–Kier alpha value is -0.870. The van der Waals surface area contributed by atoms with Crippen LogP contribution in [-0.2, 0) is 11.3 Å². The second-order valence-electron chi connectivity index (χ2n) is 5.72. The van der Waals surface area contributed by atoms with Crippen molar-refractivity contribution in [2.75, 3.05) is 26.2 Å². The lowest BCUT2D eigenvalue weighted by Gasteiger charge is -2.32. The Bertz CT molecular complexity index is 420. The molecule has 2 unspecified atom stereocenters. The Kier molecular flexibility index (Phi) is 7.97. The smallest absolute Gasteiger partial charge is 0.231 e. The van der Waals surface area contributed by atoms with Gasteiger partial charge in [0.1, 0.15) is 6.54 Å². The van der Waals surface area contributed by atoms with Crippen molar-refractivity contribution in [3.05, 3.63) is 35.9 Å². The van der Waals surface area contributed by atoms with Gasteiger partial charge >= 0.3 is 0 Å². The first-order chi connectivity index (χ1) is 9.74. The van der Waals surface area contributed by atoms with E-state index in [-0.39, 0.29) is 22.9 Å². The Balaban J connectivity index is 0.00000220. The number of amides is 1. The Morgan fingerprint density at radius 1 is 1.24 bits per heavy atom. The summed E-state index contributed by atoms with van der Waals surface area (Å²) in [6.07, 6.45) is 2.23. The maximum atomic E-state index is 12.5. The van der Waals surface area contributed by atoms with Crippen LogP contribution < -0.4 is 21.9 Å². The fourth-order valence-corrected chi connectivity index (χ4v) is 3.20. The van der Waals surface area contributed by atoms with Crippen molar-refractivity contribution in [2.24, 2.45) is 5.92 Å². The summed E-state index contributed by atoms with van der Waals surface area (Å²) in [6.45, 7) is 9.03. The lowest BCUT2D eigenvalue weighted by molar-refractivity contribution is -0.921. The minimum absolute atomic E-state index is 0. The molecule has 1 N–H and O–H groups in total. The van der Waals surface area contributed by atoms with Gasteiger partial charge in [-0.2, -0.15) is 0 Å². The first kappa shape index (κ1) is 18.2. The van der Waals surface area contributed by atoms with Gasteiger partial charge in [0.25, 0.3) is 0 Å². The van der Waals surface area contributed by atoms with Gasteiger partial charge in [-0.15, -0.1) is 0 Å². The summed E-state index contributed by atoms with van der Waals surface area (Å²) in [5.41, 5.74) is 1.37. The van der Waals surface area contributed by atoms with Crippen LogP contribution in [0.15, 0.2) is 30.3 Å². The lowest BCUT2D eigenvalue weighted by atomic mass is 9.96. The van der Waals surface area contributed by atoms with E-state index in [0.29, 0.717) is 5.91 Å². The molecule has 0 aromatic heterocycles.